The average molecular weight is 284 g/mol. The van der Waals surface area contributed by atoms with E-state index in [1.165, 1.54) is 50.6 Å². The van der Waals surface area contributed by atoms with Crippen molar-refractivity contribution in [3.05, 3.63) is 36.1 Å². The molecule has 2 fully saturated rings. The topological polar surface area (TPSA) is 28.4 Å². The Kier molecular flexibility index (Phi) is 3.70. The van der Waals surface area contributed by atoms with E-state index in [1.54, 1.807) is 0 Å². The smallest absolute Gasteiger partial charge is 0.134 e. The van der Waals surface area contributed by atoms with Gasteiger partial charge in [0.25, 0.3) is 0 Å². The molecule has 4 rings (SSSR count). The number of furan rings is 1. The number of hydrogen-bond donors (Lipinski definition) is 1. The van der Waals surface area contributed by atoms with Crippen LogP contribution in [0.2, 0.25) is 0 Å². The van der Waals surface area contributed by atoms with Crippen LogP contribution in [0, 0.1) is 0 Å². The van der Waals surface area contributed by atoms with E-state index in [0.717, 1.165) is 17.9 Å². The van der Waals surface area contributed by atoms with E-state index in [0.29, 0.717) is 12.1 Å². The molecule has 2 aliphatic heterocycles. The third-order valence-corrected chi connectivity index (χ3v) is 5.06. The first-order valence-corrected chi connectivity index (χ1v) is 8.35. The molecular weight excluding hydrogens is 260 g/mol. The zero-order valence-corrected chi connectivity index (χ0v) is 12.6. The lowest BCUT2D eigenvalue weighted by atomic mass is 9.94. The van der Waals surface area contributed by atoms with Gasteiger partial charge in [-0.25, -0.2) is 0 Å². The highest BCUT2D eigenvalue weighted by molar-refractivity contribution is 5.77. The van der Waals surface area contributed by atoms with Crippen LogP contribution in [0.5, 0.6) is 0 Å². The molecular formula is C18H24N2O. The fourth-order valence-corrected chi connectivity index (χ4v) is 4.02. The van der Waals surface area contributed by atoms with Crippen molar-refractivity contribution >= 4 is 11.0 Å². The Balaban J connectivity index is 1.53. The molecule has 1 N–H and O–H groups in total. The molecule has 112 valence electrons. The fourth-order valence-electron chi connectivity index (χ4n) is 4.02. The van der Waals surface area contributed by atoms with Gasteiger partial charge in [-0.15, -0.1) is 0 Å². The highest BCUT2D eigenvalue weighted by Crippen LogP contribution is 2.27. The number of rotatable bonds is 3. The van der Waals surface area contributed by atoms with Gasteiger partial charge in [-0.3, -0.25) is 4.90 Å². The maximum atomic E-state index is 6.02. The van der Waals surface area contributed by atoms with E-state index in [-0.39, 0.29) is 0 Å². The van der Waals surface area contributed by atoms with Crippen molar-refractivity contribution in [2.75, 3.05) is 13.1 Å². The minimum absolute atomic E-state index is 0.689. The van der Waals surface area contributed by atoms with Crippen molar-refractivity contribution in [1.82, 2.24) is 10.2 Å². The lowest BCUT2D eigenvalue weighted by Gasteiger charge is -2.38. The maximum absolute atomic E-state index is 6.02. The summed E-state index contributed by atoms with van der Waals surface area (Å²) in [5, 5.41) is 4.92. The number of benzene rings is 1. The van der Waals surface area contributed by atoms with Crippen LogP contribution in [0.25, 0.3) is 11.0 Å². The van der Waals surface area contributed by atoms with Crippen LogP contribution < -0.4 is 5.32 Å². The molecule has 0 amide bonds. The van der Waals surface area contributed by atoms with Gasteiger partial charge in [-0.2, -0.15) is 0 Å². The molecule has 3 nitrogen and oxygen atoms in total. The van der Waals surface area contributed by atoms with Crippen LogP contribution in [0.15, 0.2) is 34.7 Å². The van der Waals surface area contributed by atoms with E-state index in [4.69, 9.17) is 4.42 Å². The molecule has 0 spiro atoms. The van der Waals surface area contributed by atoms with Crippen LogP contribution in [0.4, 0.5) is 0 Å². The number of nitrogens with one attached hydrogen (secondary N) is 1. The Hall–Kier alpha value is -1.32. The molecule has 1 aromatic carbocycles. The highest BCUT2D eigenvalue weighted by Gasteiger charge is 2.31. The second kappa shape index (κ2) is 5.82. The summed E-state index contributed by atoms with van der Waals surface area (Å²) in [6, 6.07) is 11.9. The molecule has 2 aromatic rings. The largest absolute Gasteiger partial charge is 0.460 e. The zero-order valence-electron chi connectivity index (χ0n) is 12.6. The Labute approximate surface area is 126 Å². The lowest BCUT2D eigenvalue weighted by molar-refractivity contribution is 0.105. The number of fused-ring (bicyclic) bond motifs is 1. The van der Waals surface area contributed by atoms with E-state index in [2.05, 4.69) is 34.5 Å². The van der Waals surface area contributed by atoms with Gasteiger partial charge in [0.2, 0.25) is 0 Å². The summed E-state index contributed by atoms with van der Waals surface area (Å²) in [5.74, 6) is 1.11. The van der Waals surface area contributed by atoms with Gasteiger partial charge in [-0.05, 0) is 50.9 Å². The molecule has 3 heterocycles. The summed E-state index contributed by atoms with van der Waals surface area (Å²) in [6.07, 6.45) is 6.70. The summed E-state index contributed by atoms with van der Waals surface area (Å²) in [6.45, 7) is 3.36. The van der Waals surface area contributed by atoms with Crippen LogP contribution in [-0.2, 0) is 6.54 Å². The fraction of sp³-hybridized carbons (Fsp3) is 0.556. The van der Waals surface area contributed by atoms with Crippen molar-refractivity contribution < 1.29 is 4.42 Å². The first-order valence-electron chi connectivity index (χ1n) is 8.35. The first-order chi connectivity index (χ1) is 10.4. The molecule has 0 radical (unpaired) electrons. The molecule has 2 saturated heterocycles. The van der Waals surface area contributed by atoms with Crippen LogP contribution >= 0.6 is 0 Å². The Morgan fingerprint density at radius 1 is 1.14 bits per heavy atom. The predicted octanol–water partition coefficient (Wildman–Crippen LogP) is 3.54. The SMILES string of the molecule is c1ccc2oc(CN3CCCCC3C3CCCN3)cc2c1. The summed E-state index contributed by atoms with van der Waals surface area (Å²) in [7, 11) is 0. The van der Waals surface area contributed by atoms with Gasteiger partial charge in [0, 0.05) is 17.5 Å². The molecule has 1 aromatic heterocycles. The van der Waals surface area contributed by atoms with Crippen molar-refractivity contribution in [3.63, 3.8) is 0 Å². The molecule has 21 heavy (non-hydrogen) atoms. The van der Waals surface area contributed by atoms with E-state index in [1.807, 2.05) is 6.07 Å². The summed E-state index contributed by atoms with van der Waals surface area (Å²) in [5.41, 5.74) is 1.01. The number of hydrogen-bond acceptors (Lipinski definition) is 3. The molecule has 0 bridgehead atoms. The van der Waals surface area contributed by atoms with Gasteiger partial charge < -0.3 is 9.73 Å². The highest BCUT2D eigenvalue weighted by atomic mass is 16.3. The van der Waals surface area contributed by atoms with Crippen molar-refractivity contribution in [2.45, 2.75) is 50.7 Å². The van der Waals surface area contributed by atoms with Gasteiger partial charge in [0.15, 0.2) is 0 Å². The van der Waals surface area contributed by atoms with Crippen LogP contribution in [0.3, 0.4) is 0 Å². The third kappa shape index (κ3) is 2.72. The second-order valence-electron chi connectivity index (χ2n) is 6.49. The van der Waals surface area contributed by atoms with E-state index < -0.39 is 0 Å². The maximum Gasteiger partial charge on any atom is 0.134 e. The van der Waals surface area contributed by atoms with E-state index in [9.17, 15) is 0 Å². The molecule has 2 atom stereocenters. The van der Waals surface area contributed by atoms with Gasteiger partial charge in [0.05, 0.1) is 6.54 Å². The third-order valence-electron chi connectivity index (χ3n) is 5.06. The quantitative estimate of drug-likeness (QED) is 0.934. The molecule has 0 aliphatic carbocycles. The van der Waals surface area contributed by atoms with Crippen molar-refractivity contribution in [2.24, 2.45) is 0 Å². The minimum Gasteiger partial charge on any atom is -0.460 e. The minimum atomic E-state index is 0.689. The number of likely N-dealkylation sites (tertiary alicyclic amines) is 1. The van der Waals surface area contributed by atoms with Crippen LogP contribution in [0.1, 0.15) is 37.9 Å². The molecule has 2 unspecified atom stereocenters. The lowest BCUT2D eigenvalue weighted by Crippen LogP contribution is -2.49. The number of piperidine rings is 1. The normalized spacial score (nSPS) is 27.4. The number of nitrogens with zero attached hydrogens (tertiary/aromatic N) is 1. The molecule has 0 saturated carbocycles. The molecule has 2 aliphatic rings. The second-order valence-corrected chi connectivity index (χ2v) is 6.49. The Bertz CT molecular complexity index is 567. The predicted molar refractivity (Wildman–Crippen MR) is 85.3 cm³/mol. The number of para-hydroxylation sites is 1. The summed E-state index contributed by atoms with van der Waals surface area (Å²) in [4.78, 5) is 2.64. The van der Waals surface area contributed by atoms with Gasteiger partial charge in [-0.1, -0.05) is 24.6 Å². The van der Waals surface area contributed by atoms with Gasteiger partial charge >= 0.3 is 0 Å². The zero-order chi connectivity index (χ0) is 14.1. The Morgan fingerprint density at radius 3 is 2.95 bits per heavy atom. The first kappa shape index (κ1) is 13.4. The Morgan fingerprint density at radius 2 is 2.10 bits per heavy atom. The standard InChI is InChI=1S/C18H24N2O/c1-2-9-18-14(6-1)12-15(21-18)13-20-11-4-3-8-17(20)16-7-5-10-19-16/h1-2,6,9,12,16-17,19H,3-5,7-8,10-11,13H2. The summed E-state index contributed by atoms with van der Waals surface area (Å²) >= 11 is 0. The molecule has 3 heteroatoms. The van der Waals surface area contributed by atoms with E-state index >= 15 is 0 Å². The van der Waals surface area contributed by atoms with Crippen molar-refractivity contribution in [3.8, 4) is 0 Å². The van der Waals surface area contributed by atoms with Crippen LogP contribution in [-0.4, -0.2) is 30.1 Å². The monoisotopic (exact) mass is 284 g/mol. The van der Waals surface area contributed by atoms with Gasteiger partial charge in [0.1, 0.15) is 11.3 Å². The summed E-state index contributed by atoms with van der Waals surface area (Å²) < 4.78 is 6.02. The average Bonchev–Trinajstić information content (AvgIpc) is 3.16. The van der Waals surface area contributed by atoms with Crippen molar-refractivity contribution in [1.29, 1.82) is 0 Å².